The second-order valence-electron chi connectivity index (χ2n) is 2.51. The molecule has 1 unspecified atom stereocenters. The van der Waals surface area contributed by atoms with E-state index in [-0.39, 0.29) is 6.10 Å². The van der Waals surface area contributed by atoms with Crippen molar-refractivity contribution in [3.05, 3.63) is 0 Å². The highest BCUT2D eigenvalue weighted by Gasteiger charge is 2.06. The summed E-state index contributed by atoms with van der Waals surface area (Å²) in [5.74, 6) is 5.07. The highest BCUT2D eigenvalue weighted by molar-refractivity contribution is 4.57. The minimum atomic E-state index is -0.111. The van der Waals surface area contributed by atoms with Gasteiger partial charge in [0.05, 0.1) is 13.3 Å². The lowest BCUT2D eigenvalue weighted by atomic mass is 10.4. The molecule has 0 saturated heterocycles. The average molecular weight is 192 g/mol. The third-order valence-corrected chi connectivity index (χ3v) is 1.48. The van der Waals surface area contributed by atoms with Gasteiger partial charge in [-0.25, -0.2) is 5.90 Å². The van der Waals surface area contributed by atoms with Gasteiger partial charge in [0.1, 0.15) is 6.10 Å². The van der Waals surface area contributed by atoms with E-state index in [4.69, 9.17) is 15.4 Å². The van der Waals surface area contributed by atoms with Crippen molar-refractivity contribution in [2.24, 2.45) is 5.90 Å². The lowest BCUT2D eigenvalue weighted by Crippen LogP contribution is -2.35. The Morgan fingerprint density at radius 1 is 1.23 bits per heavy atom. The number of nitrogens with one attached hydrogen (secondary N) is 1. The summed E-state index contributed by atoms with van der Waals surface area (Å²) in [5, 5.41) is 3.04. The van der Waals surface area contributed by atoms with E-state index in [0.29, 0.717) is 33.1 Å². The molecule has 3 N–H and O–H groups in total. The monoisotopic (exact) mass is 192 g/mol. The van der Waals surface area contributed by atoms with Crippen LogP contribution in [0, 0.1) is 0 Å². The highest BCUT2D eigenvalue weighted by atomic mass is 16.6. The van der Waals surface area contributed by atoms with Crippen LogP contribution >= 0.6 is 0 Å². The summed E-state index contributed by atoms with van der Waals surface area (Å²) in [7, 11) is 0. The molecule has 0 aliphatic carbocycles. The predicted molar refractivity (Wildman–Crippen MR) is 50.0 cm³/mol. The molecule has 1 atom stereocenters. The van der Waals surface area contributed by atoms with Crippen LogP contribution in [0.3, 0.4) is 0 Å². The van der Waals surface area contributed by atoms with Gasteiger partial charge in [0, 0.05) is 19.8 Å². The molecule has 0 rings (SSSR count). The molecule has 80 valence electrons. The number of ether oxygens (including phenoxy) is 2. The van der Waals surface area contributed by atoms with E-state index in [9.17, 15) is 0 Å². The normalized spacial score (nSPS) is 13.2. The summed E-state index contributed by atoms with van der Waals surface area (Å²) >= 11 is 0. The number of rotatable bonds is 9. The average Bonchev–Trinajstić information content (AvgIpc) is 2.17. The molecule has 0 fully saturated rings. The van der Waals surface area contributed by atoms with Gasteiger partial charge in [-0.2, -0.15) is 0 Å². The second kappa shape index (κ2) is 9.88. The van der Waals surface area contributed by atoms with Crippen LogP contribution in [0.25, 0.3) is 0 Å². The van der Waals surface area contributed by atoms with Gasteiger partial charge in [-0.05, 0) is 13.8 Å². The zero-order chi connectivity index (χ0) is 9.94. The quantitative estimate of drug-likeness (QED) is 0.302. The zero-order valence-corrected chi connectivity index (χ0v) is 8.41. The molecule has 0 aromatic carbocycles. The molecule has 5 heteroatoms. The molecular formula is C8H20N2O3. The molecule has 0 aliphatic rings. The second-order valence-corrected chi connectivity index (χ2v) is 2.51. The van der Waals surface area contributed by atoms with Gasteiger partial charge < -0.3 is 9.47 Å². The summed E-state index contributed by atoms with van der Waals surface area (Å²) in [5.41, 5.74) is 0. The third-order valence-electron chi connectivity index (χ3n) is 1.48. The van der Waals surface area contributed by atoms with Gasteiger partial charge in [0.15, 0.2) is 0 Å². The van der Waals surface area contributed by atoms with Crippen LogP contribution in [0.2, 0.25) is 0 Å². The van der Waals surface area contributed by atoms with Crippen molar-refractivity contribution in [1.29, 1.82) is 0 Å². The summed E-state index contributed by atoms with van der Waals surface area (Å²) in [6.07, 6.45) is -0.111. The molecule has 0 amide bonds. The largest absolute Gasteiger partial charge is 0.379 e. The molecule has 0 radical (unpaired) electrons. The molecule has 0 bridgehead atoms. The molecule has 0 aromatic rings. The van der Waals surface area contributed by atoms with E-state index in [1.807, 2.05) is 13.8 Å². The van der Waals surface area contributed by atoms with Gasteiger partial charge in [-0.1, -0.05) is 0 Å². The first-order chi connectivity index (χ1) is 6.35. The SMILES string of the molecule is CCOCNCC(COCC)ON. The van der Waals surface area contributed by atoms with Crippen LogP contribution in [-0.2, 0) is 14.3 Å². The maximum absolute atomic E-state index is 5.16. The Labute approximate surface area is 79.5 Å². The summed E-state index contributed by atoms with van der Waals surface area (Å²) in [4.78, 5) is 4.69. The van der Waals surface area contributed by atoms with E-state index < -0.39 is 0 Å². The Morgan fingerprint density at radius 3 is 2.46 bits per heavy atom. The van der Waals surface area contributed by atoms with Crippen LogP contribution in [0.1, 0.15) is 13.8 Å². The van der Waals surface area contributed by atoms with Crippen molar-refractivity contribution in [3.8, 4) is 0 Å². The topological polar surface area (TPSA) is 65.7 Å². The fourth-order valence-electron chi connectivity index (χ4n) is 0.790. The van der Waals surface area contributed by atoms with E-state index in [1.54, 1.807) is 0 Å². The smallest absolute Gasteiger partial charge is 0.114 e. The van der Waals surface area contributed by atoms with E-state index >= 15 is 0 Å². The van der Waals surface area contributed by atoms with Crippen molar-refractivity contribution in [3.63, 3.8) is 0 Å². The summed E-state index contributed by atoms with van der Waals surface area (Å²) < 4.78 is 10.2. The summed E-state index contributed by atoms with van der Waals surface area (Å²) in [6.45, 7) is 6.91. The van der Waals surface area contributed by atoms with E-state index in [0.717, 1.165) is 0 Å². The van der Waals surface area contributed by atoms with Crippen molar-refractivity contribution < 1.29 is 14.3 Å². The maximum Gasteiger partial charge on any atom is 0.114 e. The van der Waals surface area contributed by atoms with Gasteiger partial charge in [-0.3, -0.25) is 10.2 Å². The molecule has 13 heavy (non-hydrogen) atoms. The lowest BCUT2D eigenvalue weighted by molar-refractivity contribution is -0.0182. The number of nitrogens with two attached hydrogens (primary N) is 1. The first-order valence-corrected chi connectivity index (χ1v) is 4.56. The van der Waals surface area contributed by atoms with Gasteiger partial charge in [-0.15, -0.1) is 0 Å². The predicted octanol–water partition coefficient (Wildman–Crippen LogP) is -0.135. The van der Waals surface area contributed by atoms with Crippen LogP contribution < -0.4 is 11.2 Å². The molecule has 0 aromatic heterocycles. The fraction of sp³-hybridized carbons (Fsp3) is 1.00. The highest BCUT2D eigenvalue weighted by Crippen LogP contribution is 1.87. The zero-order valence-electron chi connectivity index (χ0n) is 8.41. The van der Waals surface area contributed by atoms with E-state index in [1.165, 1.54) is 0 Å². The minimum Gasteiger partial charge on any atom is -0.379 e. The first-order valence-electron chi connectivity index (χ1n) is 4.56. The van der Waals surface area contributed by atoms with Crippen LogP contribution in [0.15, 0.2) is 0 Å². The molecule has 0 spiro atoms. The molecule has 0 aliphatic heterocycles. The van der Waals surface area contributed by atoms with Crippen LogP contribution in [0.4, 0.5) is 0 Å². The van der Waals surface area contributed by atoms with E-state index in [2.05, 4.69) is 10.2 Å². The Morgan fingerprint density at radius 2 is 1.92 bits per heavy atom. The minimum absolute atomic E-state index is 0.111. The lowest BCUT2D eigenvalue weighted by Gasteiger charge is -2.14. The van der Waals surface area contributed by atoms with Crippen LogP contribution in [-0.4, -0.2) is 39.2 Å². The molecule has 0 heterocycles. The third kappa shape index (κ3) is 8.14. The van der Waals surface area contributed by atoms with Crippen molar-refractivity contribution in [2.45, 2.75) is 20.0 Å². The van der Waals surface area contributed by atoms with Crippen molar-refractivity contribution in [2.75, 3.05) is 33.1 Å². The molecular weight excluding hydrogens is 172 g/mol. The maximum atomic E-state index is 5.16. The van der Waals surface area contributed by atoms with Gasteiger partial charge >= 0.3 is 0 Å². The number of hydrogen-bond donors (Lipinski definition) is 2. The van der Waals surface area contributed by atoms with Crippen molar-refractivity contribution in [1.82, 2.24) is 5.32 Å². The Hall–Kier alpha value is -0.200. The standard InChI is InChI=1S/C8H20N2O3/c1-3-11-6-8(13-9)5-10-7-12-4-2/h8,10H,3-7,9H2,1-2H3. The number of hydrogen-bond acceptors (Lipinski definition) is 5. The van der Waals surface area contributed by atoms with Gasteiger partial charge in [0.25, 0.3) is 0 Å². The molecule has 0 saturated carbocycles. The Balaban J connectivity index is 3.25. The van der Waals surface area contributed by atoms with Crippen molar-refractivity contribution >= 4 is 0 Å². The first kappa shape index (κ1) is 12.8. The molecule has 5 nitrogen and oxygen atoms in total. The fourth-order valence-corrected chi connectivity index (χ4v) is 0.790. The Bertz CT molecular complexity index is 103. The summed E-state index contributed by atoms with van der Waals surface area (Å²) in [6, 6.07) is 0. The van der Waals surface area contributed by atoms with Gasteiger partial charge in [0.2, 0.25) is 0 Å². The van der Waals surface area contributed by atoms with Crippen LogP contribution in [0.5, 0.6) is 0 Å². The Kier molecular flexibility index (Phi) is 9.73.